The molecule has 0 bridgehead atoms. The molecule has 4 rings (SSSR count). The zero-order valence-corrected chi connectivity index (χ0v) is 30.0. The van der Waals surface area contributed by atoms with Crippen LogP contribution in [0.4, 0.5) is 0 Å². The second-order valence-electron chi connectivity index (χ2n) is 16.9. The molecule has 0 amide bonds. The molecule has 0 aromatic rings. The van der Waals surface area contributed by atoms with Gasteiger partial charge in [0.25, 0.3) is 0 Å². The van der Waals surface area contributed by atoms with Crippen LogP contribution in [0.1, 0.15) is 98.3 Å². The van der Waals surface area contributed by atoms with E-state index in [2.05, 4.69) is 53.7 Å². The van der Waals surface area contributed by atoms with Crippen LogP contribution < -0.4 is 5.73 Å². The van der Waals surface area contributed by atoms with Gasteiger partial charge < -0.3 is 29.3 Å². The fourth-order valence-electron chi connectivity index (χ4n) is 8.96. The van der Waals surface area contributed by atoms with E-state index in [0.717, 1.165) is 51.0 Å². The van der Waals surface area contributed by atoms with Crippen LogP contribution in [-0.2, 0) is 23.8 Å². The van der Waals surface area contributed by atoms with Crippen molar-refractivity contribution in [1.82, 2.24) is 9.80 Å². The monoisotopic (exact) mass is 633 g/mol. The average Bonchev–Trinajstić information content (AvgIpc) is 3.28. The Labute approximate surface area is 273 Å². The third-order valence-electron chi connectivity index (χ3n) is 11.4. The quantitative estimate of drug-likeness (QED) is 0.213. The van der Waals surface area contributed by atoms with Gasteiger partial charge in [0.1, 0.15) is 12.6 Å². The van der Waals surface area contributed by atoms with Gasteiger partial charge in [-0.3, -0.25) is 14.5 Å². The first-order valence-electron chi connectivity index (χ1n) is 17.7. The van der Waals surface area contributed by atoms with E-state index in [-0.39, 0.29) is 60.2 Å². The molecule has 0 radical (unpaired) electrons. The van der Waals surface area contributed by atoms with Gasteiger partial charge in [-0.2, -0.15) is 0 Å². The summed E-state index contributed by atoms with van der Waals surface area (Å²) in [6, 6.07) is 0.245. The van der Waals surface area contributed by atoms with E-state index in [1.54, 1.807) is 0 Å². The average molecular weight is 634 g/mol. The normalized spacial score (nSPS) is 33.0. The minimum absolute atomic E-state index is 0.0386. The Morgan fingerprint density at radius 1 is 1.09 bits per heavy atom. The van der Waals surface area contributed by atoms with E-state index in [1.807, 2.05) is 25.3 Å². The third-order valence-corrected chi connectivity index (χ3v) is 11.4. The Morgan fingerprint density at radius 3 is 2.47 bits per heavy atom. The highest BCUT2D eigenvalue weighted by molar-refractivity contribution is 5.77. The van der Waals surface area contributed by atoms with Gasteiger partial charge in [0.05, 0.1) is 40.2 Å². The van der Waals surface area contributed by atoms with Gasteiger partial charge in [-0.05, 0) is 82.4 Å². The van der Waals surface area contributed by atoms with Gasteiger partial charge in [0.15, 0.2) is 12.3 Å². The molecule has 1 saturated carbocycles. The SMILES string of the molecule is CC(C)CCCC(N)C1CCN2C3OC=C4CC(OC(=O)CCC(=O)OC(CN(C)C)C[N+](C)(C)C)CCC4(C)C3CCC12C. The Kier molecular flexibility index (Phi) is 11.7. The number of esters is 2. The first kappa shape index (κ1) is 36.2. The number of hydrogen-bond acceptors (Lipinski definition) is 8. The maximum atomic E-state index is 12.8. The minimum Gasteiger partial charge on any atom is -0.482 e. The van der Waals surface area contributed by atoms with Gasteiger partial charge in [-0.15, -0.1) is 0 Å². The van der Waals surface area contributed by atoms with Crippen molar-refractivity contribution in [3.8, 4) is 0 Å². The molecule has 258 valence electrons. The molecule has 8 unspecified atom stereocenters. The zero-order chi connectivity index (χ0) is 33.2. The standard InChI is InChI=1S/C36H65N4O5/c1-25(2)11-10-12-31(37)29-17-20-39-34-30(16-19-36(29,39)4)35(3)18-15-27(21-26(35)24-43-34)44-32(41)13-14-33(42)45-28(22-38(5)6)23-40(7,8)9/h24-25,27-31,34H,10-23,37H2,1-9H3/q+1. The molecule has 3 heterocycles. The van der Waals surface area contributed by atoms with E-state index in [4.69, 9.17) is 19.9 Å². The third kappa shape index (κ3) is 8.82. The van der Waals surface area contributed by atoms with Crippen LogP contribution in [0.2, 0.25) is 0 Å². The molecule has 2 N–H and O–H groups in total. The van der Waals surface area contributed by atoms with Crippen LogP contribution in [0.5, 0.6) is 0 Å². The molecule has 1 aliphatic carbocycles. The molecule has 3 fully saturated rings. The number of ether oxygens (including phenoxy) is 3. The van der Waals surface area contributed by atoms with Crippen LogP contribution in [0.15, 0.2) is 11.8 Å². The number of rotatable bonds is 14. The molecular formula is C36H65N4O5+. The lowest BCUT2D eigenvalue weighted by molar-refractivity contribution is -0.873. The summed E-state index contributed by atoms with van der Waals surface area (Å²) in [5, 5.41) is 0. The van der Waals surface area contributed by atoms with Crippen molar-refractivity contribution in [3.05, 3.63) is 11.8 Å². The number of quaternary nitrogens is 1. The number of carbonyl (C=O) groups excluding carboxylic acids is 2. The Hall–Kier alpha value is -1.68. The van der Waals surface area contributed by atoms with Crippen molar-refractivity contribution < 1.29 is 28.3 Å². The number of nitrogens with zero attached hydrogens (tertiary/aromatic N) is 3. The van der Waals surface area contributed by atoms with E-state index in [0.29, 0.717) is 35.8 Å². The predicted octanol–water partition coefficient (Wildman–Crippen LogP) is 4.93. The molecule has 0 aromatic heterocycles. The van der Waals surface area contributed by atoms with Crippen molar-refractivity contribution >= 4 is 11.9 Å². The van der Waals surface area contributed by atoms with Crippen molar-refractivity contribution in [2.45, 2.75) is 128 Å². The van der Waals surface area contributed by atoms with Gasteiger partial charge >= 0.3 is 11.9 Å². The van der Waals surface area contributed by atoms with Crippen molar-refractivity contribution in [1.29, 1.82) is 0 Å². The summed E-state index contributed by atoms with van der Waals surface area (Å²) in [6.07, 6.45) is 11.3. The lowest BCUT2D eigenvalue weighted by Crippen LogP contribution is -2.63. The van der Waals surface area contributed by atoms with E-state index in [9.17, 15) is 9.59 Å². The Balaban J connectivity index is 1.29. The number of nitrogens with two attached hydrogens (primary N) is 1. The van der Waals surface area contributed by atoms with Gasteiger partial charge in [0.2, 0.25) is 0 Å². The maximum absolute atomic E-state index is 12.8. The van der Waals surface area contributed by atoms with E-state index in [1.165, 1.54) is 18.4 Å². The number of piperidine rings is 1. The number of hydrogen-bond donors (Lipinski definition) is 1. The first-order chi connectivity index (χ1) is 21.0. The maximum Gasteiger partial charge on any atom is 0.306 e. The highest BCUT2D eigenvalue weighted by Crippen LogP contribution is 2.58. The fourth-order valence-corrected chi connectivity index (χ4v) is 8.96. The second kappa shape index (κ2) is 14.6. The van der Waals surface area contributed by atoms with Crippen molar-refractivity contribution in [3.63, 3.8) is 0 Å². The summed E-state index contributed by atoms with van der Waals surface area (Å²) < 4.78 is 18.9. The lowest BCUT2D eigenvalue weighted by atomic mass is 9.58. The van der Waals surface area contributed by atoms with Gasteiger partial charge in [-0.1, -0.05) is 33.6 Å². The topological polar surface area (TPSA) is 94.3 Å². The van der Waals surface area contributed by atoms with Gasteiger partial charge in [0, 0.05) is 37.0 Å². The molecule has 9 heteroatoms. The van der Waals surface area contributed by atoms with Crippen LogP contribution in [0.25, 0.3) is 0 Å². The zero-order valence-electron chi connectivity index (χ0n) is 30.0. The number of likely N-dealkylation sites (N-methyl/N-ethyl adjacent to an activating group) is 2. The molecule has 0 spiro atoms. The van der Waals surface area contributed by atoms with E-state index >= 15 is 0 Å². The molecule has 3 aliphatic heterocycles. The molecular weight excluding hydrogens is 568 g/mol. The highest BCUT2D eigenvalue weighted by Gasteiger charge is 2.59. The summed E-state index contributed by atoms with van der Waals surface area (Å²) in [5.74, 6) is 0.994. The molecule has 2 saturated heterocycles. The Bertz CT molecular complexity index is 1060. The molecule has 9 nitrogen and oxygen atoms in total. The molecule has 45 heavy (non-hydrogen) atoms. The predicted molar refractivity (Wildman–Crippen MR) is 178 cm³/mol. The number of fused-ring (bicyclic) bond motifs is 5. The molecule has 8 atom stereocenters. The largest absolute Gasteiger partial charge is 0.482 e. The smallest absolute Gasteiger partial charge is 0.306 e. The number of carbonyl (C=O) groups is 2. The van der Waals surface area contributed by atoms with Crippen LogP contribution in [0, 0.1) is 23.2 Å². The summed E-state index contributed by atoms with van der Waals surface area (Å²) in [4.78, 5) is 30.1. The van der Waals surface area contributed by atoms with Crippen molar-refractivity contribution in [2.24, 2.45) is 28.9 Å². The lowest BCUT2D eigenvalue weighted by Gasteiger charge is -2.58. The minimum atomic E-state index is -0.345. The molecule has 4 aliphatic rings. The van der Waals surface area contributed by atoms with Gasteiger partial charge in [-0.25, -0.2) is 0 Å². The van der Waals surface area contributed by atoms with Crippen LogP contribution >= 0.6 is 0 Å². The van der Waals surface area contributed by atoms with E-state index < -0.39 is 0 Å². The van der Waals surface area contributed by atoms with Crippen LogP contribution in [0.3, 0.4) is 0 Å². The fraction of sp³-hybridized carbons (Fsp3) is 0.889. The summed E-state index contributed by atoms with van der Waals surface area (Å²) in [7, 11) is 10.2. The summed E-state index contributed by atoms with van der Waals surface area (Å²) >= 11 is 0. The molecule has 0 aromatic carbocycles. The Morgan fingerprint density at radius 2 is 1.80 bits per heavy atom. The summed E-state index contributed by atoms with van der Waals surface area (Å²) in [6.45, 7) is 11.8. The second-order valence-corrected chi connectivity index (χ2v) is 16.9. The first-order valence-corrected chi connectivity index (χ1v) is 17.7. The van der Waals surface area contributed by atoms with Crippen LogP contribution in [-0.4, -0.2) is 111 Å². The summed E-state index contributed by atoms with van der Waals surface area (Å²) in [5.41, 5.74) is 8.26. The highest BCUT2D eigenvalue weighted by atomic mass is 16.6. The van der Waals surface area contributed by atoms with Crippen molar-refractivity contribution in [2.75, 3.05) is 54.9 Å².